The van der Waals surface area contributed by atoms with Crippen LogP contribution in [0.2, 0.25) is 0 Å². The van der Waals surface area contributed by atoms with Crippen LogP contribution in [-0.4, -0.2) is 21.5 Å². The molecule has 2 rings (SSSR count). The molecule has 0 saturated carbocycles. The Balaban J connectivity index is 2.43. The second-order valence-electron chi connectivity index (χ2n) is 4.31. The Kier molecular flexibility index (Phi) is 3.87. The lowest BCUT2D eigenvalue weighted by Crippen LogP contribution is -2.05. The lowest BCUT2D eigenvalue weighted by molar-refractivity contribution is 0.960. The fourth-order valence-corrected chi connectivity index (χ4v) is 1.86. The molecule has 0 aromatic carbocycles. The number of aromatic nitrogens is 3. The van der Waals surface area contributed by atoms with Crippen molar-refractivity contribution in [2.75, 3.05) is 11.9 Å². The van der Waals surface area contributed by atoms with Crippen LogP contribution in [-0.2, 0) is 0 Å². The van der Waals surface area contributed by atoms with E-state index in [9.17, 15) is 0 Å². The Morgan fingerprint density at radius 1 is 1.22 bits per heavy atom. The summed E-state index contributed by atoms with van der Waals surface area (Å²) < 4.78 is 0. The lowest BCUT2D eigenvalue weighted by Gasteiger charge is -2.12. The fourth-order valence-electron chi connectivity index (χ4n) is 1.86. The van der Waals surface area contributed by atoms with Crippen molar-refractivity contribution in [3.05, 3.63) is 35.9 Å². The molecular weight excluding hydrogens is 224 g/mol. The number of anilines is 1. The van der Waals surface area contributed by atoms with Gasteiger partial charge in [0.05, 0.1) is 5.69 Å². The van der Waals surface area contributed by atoms with E-state index < -0.39 is 0 Å². The Hall–Kier alpha value is -1.97. The van der Waals surface area contributed by atoms with Gasteiger partial charge in [0.1, 0.15) is 12.1 Å². The smallest absolute Gasteiger partial charge is 0.132 e. The molecule has 1 N–H and O–H groups in total. The molecule has 0 amide bonds. The van der Waals surface area contributed by atoms with Crippen molar-refractivity contribution in [1.29, 1.82) is 0 Å². The Morgan fingerprint density at radius 3 is 2.78 bits per heavy atom. The van der Waals surface area contributed by atoms with E-state index in [0.717, 1.165) is 35.6 Å². The number of hydrogen-bond donors (Lipinski definition) is 1. The van der Waals surface area contributed by atoms with Crippen LogP contribution in [0.4, 0.5) is 5.82 Å². The van der Waals surface area contributed by atoms with E-state index in [1.807, 2.05) is 19.2 Å². The molecule has 4 heteroatoms. The van der Waals surface area contributed by atoms with Crippen LogP contribution in [0.1, 0.15) is 24.5 Å². The van der Waals surface area contributed by atoms with Gasteiger partial charge in [0, 0.05) is 30.1 Å². The molecule has 2 aromatic heterocycles. The van der Waals surface area contributed by atoms with Crippen LogP contribution in [0.25, 0.3) is 11.3 Å². The van der Waals surface area contributed by atoms with Crippen LogP contribution >= 0.6 is 0 Å². The van der Waals surface area contributed by atoms with Gasteiger partial charge in [0.15, 0.2) is 0 Å². The standard InChI is InChI=1S/C14H18N4/c1-4-6-16-14-11(3)13(17-9-18-14)12-8-15-7-5-10(12)2/h5,7-9H,4,6H2,1-3H3,(H,16,17,18). The van der Waals surface area contributed by atoms with E-state index in [0.29, 0.717) is 0 Å². The monoisotopic (exact) mass is 242 g/mol. The van der Waals surface area contributed by atoms with Gasteiger partial charge in [-0.3, -0.25) is 4.98 Å². The van der Waals surface area contributed by atoms with Gasteiger partial charge >= 0.3 is 0 Å². The topological polar surface area (TPSA) is 50.7 Å². The van der Waals surface area contributed by atoms with Crippen LogP contribution in [0.3, 0.4) is 0 Å². The molecular formula is C14H18N4. The minimum atomic E-state index is 0.908. The number of nitrogens with one attached hydrogen (secondary N) is 1. The minimum absolute atomic E-state index is 0.908. The summed E-state index contributed by atoms with van der Waals surface area (Å²) in [6, 6.07) is 2.00. The fraction of sp³-hybridized carbons (Fsp3) is 0.357. The third-order valence-corrected chi connectivity index (χ3v) is 2.92. The van der Waals surface area contributed by atoms with Gasteiger partial charge in [0.25, 0.3) is 0 Å². The second kappa shape index (κ2) is 5.58. The van der Waals surface area contributed by atoms with E-state index in [4.69, 9.17) is 0 Å². The number of aryl methyl sites for hydroxylation is 1. The average Bonchev–Trinajstić information content (AvgIpc) is 2.39. The molecule has 2 heterocycles. The molecule has 94 valence electrons. The highest BCUT2D eigenvalue weighted by atomic mass is 15.0. The first-order chi connectivity index (χ1) is 8.74. The summed E-state index contributed by atoms with van der Waals surface area (Å²) >= 11 is 0. The van der Waals surface area contributed by atoms with E-state index >= 15 is 0 Å². The first kappa shape index (κ1) is 12.5. The van der Waals surface area contributed by atoms with Gasteiger partial charge in [-0.15, -0.1) is 0 Å². The predicted octanol–water partition coefficient (Wildman–Crippen LogP) is 2.98. The van der Waals surface area contributed by atoms with E-state index in [2.05, 4.69) is 34.1 Å². The van der Waals surface area contributed by atoms with Crippen molar-refractivity contribution >= 4 is 5.82 Å². The first-order valence-electron chi connectivity index (χ1n) is 6.20. The third-order valence-electron chi connectivity index (χ3n) is 2.92. The van der Waals surface area contributed by atoms with Gasteiger partial charge in [-0.05, 0) is 31.9 Å². The highest BCUT2D eigenvalue weighted by Crippen LogP contribution is 2.26. The zero-order valence-corrected chi connectivity index (χ0v) is 11.1. The molecule has 18 heavy (non-hydrogen) atoms. The van der Waals surface area contributed by atoms with Gasteiger partial charge in [-0.2, -0.15) is 0 Å². The summed E-state index contributed by atoms with van der Waals surface area (Å²) in [6.07, 6.45) is 6.33. The number of hydrogen-bond acceptors (Lipinski definition) is 4. The Labute approximate surface area is 108 Å². The highest BCUT2D eigenvalue weighted by molar-refractivity contribution is 5.69. The average molecular weight is 242 g/mol. The molecule has 0 bridgehead atoms. The maximum Gasteiger partial charge on any atom is 0.132 e. The maximum absolute atomic E-state index is 4.39. The maximum atomic E-state index is 4.39. The lowest BCUT2D eigenvalue weighted by atomic mass is 10.0. The van der Waals surface area contributed by atoms with Crippen LogP contribution < -0.4 is 5.32 Å². The predicted molar refractivity (Wildman–Crippen MR) is 73.5 cm³/mol. The van der Waals surface area contributed by atoms with E-state index in [1.54, 1.807) is 12.5 Å². The van der Waals surface area contributed by atoms with Crippen molar-refractivity contribution in [2.24, 2.45) is 0 Å². The van der Waals surface area contributed by atoms with Crippen LogP contribution in [0.5, 0.6) is 0 Å². The molecule has 2 aromatic rings. The summed E-state index contributed by atoms with van der Waals surface area (Å²) in [6.45, 7) is 7.16. The second-order valence-corrected chi connectivity index (χ2v) is 4.31. The summed E-state index contributed by atoms with van der Waals surface area (Å²) in [5.41, 5.74) is 4.27. The number of nitrogens with zero attached hydrogens (tertiary/aromatic N) is 3. The quantitative estimate of drug-likeness (QED) is 0.895. The van der Waals surface area contributed by atoms with Crippen LogP contribution in [0.15, 0.2) is 24.8 Å². The summed E-state index contributed by atoms with van der Waals surface area (Å²) in [5, 5.41) is 3.32. The summed E-state index contributed by atoms with van der Waals surface area (Å²) in [4.78, 5) is 12.8. The van der Waals surface area contributed by atoms with E-state index in [-0.39, 0.29) is 0 Å². The Bertz CT molecular complexity index is 537. The third kappa shape index (κ3) is 2.47. The van der Waals surface area contributed by atoms with Crippen molar-refractivity contribution < 1.29 is 0 Å². The zero-order valence-electron chi connectivity index (χ0n) is 11.1. The molecule has 0 saturated heterocycles. The largest absolute Gasteiger partial charge is 0.370 e. The first-order valence-corrected chi connectivity index (χ1v) is 6.20. The Morgan fingerprint density at radius 2 is 2.06 bits per heavy atom. The minimum Gasteiger partial charge on any atom is -0.370 e. The van der Waals surface area contributed by atoms with Gasteiger partial charge in [-0.1, -0.05) is 6.92 Å². The molecule has 4 nitrogen and oxygen atoms in total. The van der Waals surface area contributed by atoms with Crippen molar-refractivity contribution in [1.82, 2.24) is 15.0 Å². The van der Waals surface area contributed by atoms with Crippen LogP contribution in [0, 0.1) is 13.8 Å². The van der Waals surface area contributed by atoms with Crippen molar-refractivity contribution in [2.45, 2.75) is 27.2 Å². The van der Waals surface area contributed by atoms with E-state index in [1.165, 1.54) is 5.56 Å². The molecule has 0 spiro atoms. The van der Waals surface area contributed by atoms with Gasteiger partial charge in [0.2, 0.25) is 0 Å². The molecule has 0 aliphatic heterocycles. The SMILES string of the molecule is CCCNc1ncnc(-c2cnccc2C)c1C. The molecule has 0 fully saturated rings. The molecule has 0 radical (unpaired) electrons. The molecule has 0 atom stereocenters. The number of rotatable bonds is 4. The molecule has 0 unspecified atom stereocenters. The van der Waals surface area contributed by atoms with Gasteiger partial charge < -0.3 is 5.32 Å². The normalized spacial score (nSPS) is 10.4. The molecule has 0 aliphatic carbocycles. The molecule has 0 aliphatic rings. The zero-order chi connectivity index (χ0) is 13.0. The van der Waals surface area contributed by atoms with Gasteiger partial charge in [-0.25, -0.2) is 9.97 Å². The summed E-state index contributed by atoms with van der Waals surface area (Å²) in [5.74, 6) is 0.908. The highest BCUT2D eigenvalue weighted by Gasteiger charge is 2.10. The summed E-state index contributed by atoms with van der Waals surface area (Å²) in [7, 11) is 0. The van der Waals surface area contributed by atoms with Crippen molar-refractivity contribution in [3.8, 4) is 11.3 Å². The van der Waals surface area contributed by atoms with Crippen molar-refractivity contribution in [3.63, 3.8) is 0 Å². The number of pyridine rings is 1.